The monoisotopic (exact) mass is 344 g/mol. The quantitative estimate of drug-likeness (QED) is 0.813. The number of hydrogen-bond acceptors (Lipinski definition) is 4. The summed E-state index contributed by atoms with van der Waals surface area (Å²) in [7, 11) is -1.95. The Labute approximate surface area is 137 Å². The van der Waals surface area contributed by atoms with Gasteiger partial charge in [-0.05, 0) is 18.1 Å². The summed E-state index contributed by atoms with van der Waals surface area (Å²) in [5, 5.41) is 4.11. The minimum Gasteiger partial charge on any atom is -0.329 e. The van der Waals surface area contributed by atoms with Crippen LogP contribution < -0.4 is 5.73 Å². The van der Waals surface area contributed by atoms with E-state index in [2.05, 4.69) is 5.10 Å². The van der Waals surface area contributed by atoms with E-state index < -0.39 is 10.0 Å². The van der Waals surface area contributed by atoms with Crippen molar-refractivity contribution in [1.82, 2.24) is 14.1 Å². The third-order valence-corrected chi connectivity index (χ3v) is 5.23. The molecule has 0 atom stereocenters. The van der Waals surface area contributed by atoms with E-state index in [4.69, 9.17) is 5.73 Å². The SMILES string of the molecule is Cl.Cn1nccc1S(=O)(=O)N(CCN)CCc1ccccc1. The highest BCUT2D eigenvalue weighted by molar-refractivity contribution is 7.89. The number of halogens is 1. The zero-order valence-electron chi connectivity index (χ0n) is 12.4. The summed E-state index contributed by atoms with van der Waals surface area (Å²) in [6, 6.07) is 11.3. The van der Waals surface area contributed by atoms with E-state index in [9.17, 15) is 8.42 Å². The second-order valence-electron chi connectivity index (χ2n) is 4.72. The largest absolute Gasteiger partial charge is 0.329 e. The lowest BCUT2D eigenvalue weighted by Gasteiger charge is -2.21. The molecule has 22 heavy (non-hydrogen) atoms. The van der Waals surface area contributed by atoms with E-state index in [1.807, 2.05) is 30.3 Å². The molecule has 6 nitrogen and oxygen atoms in total. The van der Waals surface area contributed by atoms with Crippen LogP contribution in [0.25, 0.3) is 0 Å². The van der Waals surface area contributed by atoms with Crippen molar-refractivity contribution >= 4 is 22.4 Å². The molecule has 1 aromatic heterocycles. The molecule has 0 aliphatic rings. The predicted octanol–water partition coefficient (Wildman–Crippen LogP) is 1.03. The van der Waals surface area contributed by atoms with Gasteiger partial charge in [-0.2, -0.15) is 9.40 Å². The Kier molecular flexibility index (Phi) is 7.02. The summed E-state index contributed by atoms with van der Waals surface area (Å²) in [6.07, 6.45) is 2.13. The van der Waals surface area contributed by atoms with Gasteiger partial charge in [0.25, 0.3) is 10.0 Å². The first-order chi connectivity index (χ1) is 10.1. The summed E-state index contributed by atoms with van der Waals surface area (Å²) in [5.74, 6) is 0. The Bertz CT molecular complexity index is 673. The maximum atomic E-state index is 12.6. The molecule has 0 amide bonds. The van der Waals surface area contributed by atoms with E-state index >= 15 is 0 Å². The fourth-order valence-corrected chi connectivity index (χ4v) is 3.70. The van der Waals surface area contributed by atoms with Crippen molar-refractivity contribution in [3.8, 4) is 0 Å². The highest BCUT2D eigenvalue weighted by Gasteiger charge is 2.26. The summed E-state index contributed by atoms with van der Waals surface area (Å²) >= 11 is 0. The first kappa shape index (κ1) is 18.6. The summed E-state index contributed by atoms with van der Waals surface area (Å²) in [4.78, 5) is 0. The average molecular weight is 345 g/mol. The number of aromatic nitrogens is 2. The molecule has 0 spiro atoms. The number of nitrogens with two attached hydrogens (primary N) is 1. The second kappa shape index (κ2) is 8.28. The van der Waals surface area contributed by atoms with Gasteiger partial charge in [-0.1, -0.05) is 30.3 Å². The Balaban J connectivity index is 0.00000242. The lowest BCUT2D eigenvalue weighted by molar-refractivity contribution is 0.415. The third kappa shape index (κ3) is 4.30. The molecule has 1 heterocycles. The van der Waals surface area contributed by atoms with Gasteiger partial charge >= 0.3 is 0 Å². The van der Waals surface area contributed by atoms with Crippen molar-refractivity contribution in [2.45, 2.75) is 11.4 Å². The molecule has 0 saturated heterocycles. The molecule has 2 rings (SSSR count). The summed E-state index contributed by atoms with van der Waals surface area (Å²) in [5.41, 5.74) is 6.65. The van der Waals surface area contributed by atoms with Crippen molar-refractivity contribution in [2.24, 2.45) is 12.8 Å². The van der Waals surface area contributed by atoms with E-state index in [0.29, 0.717) is 19.5 Å². The van der Waals surface area contributed by atoms with Crippen LogP contribution in [0.4, 0.5) is 0 Å². The van der Waals surface area contributed by atoms with E-state index in [-0.39, 0.29) is 24.0 Å². The van der Waals surface area contributed by atoms with Crippen LogP contribution in [-0.2, 0) is 23.5 Å². The number of hydrogen-bond donors (Lipinski definition) is 1. The van der Waals surface area contributed by atoms with Crippen molar-refractivity contribution in [1.29, 1.82) is 0 Å². The number of aryl methyl sites for hydroxylation is 1. The smallest absolute Gasteiger partial charge is 0.260 e. The number of benzene rings is 1. The van der Waals surface area contributed by atoms with Crippen molar-refractivity contribution in [2.75, 3.05) is 19.6 Å². The zero-order valence-corrected chi connectivity index (χ0v) is 14.1. The van der Waals surface area contributed by atoms with Crippen molar-refractivity contribution in [3.63, 3.8) is 0 Å². The van der Waals surface area contributed by atoms with Gasteiger partial charge in [0.2, 0.25) is 0 Å². The summed E-state index contributed by atoms with van der Waals surface area (Å²) < 4.78 is 28.0. The maximum absolute atomic E-state index is 12.6. The second-order valence-corrected chi connectivity index (χ2v) is 6.61. The first-order valence-electron chi connectivity index (χ1n) is 6.78. The third-order valence-electron chi connectivity index (χ3n) is 3.25. The molecule has 0 unspecified atom stereocenters. The summed E-state index contributed by atoms with van der Waals surface area (Å²) in [6.45, 7) is 0.973. The fraction of sp³-hybridized carbons (Fsp3) is 0.357. The number of rotatable bonds is 7. The molecule has 2 aromatic rings. The molecule has 1 aromatic carbocycles. The van der Waals surface area contributed by atoms with Crippen LogP contribution in [0.15, 0.2) is 47.6 Å². The van der Waals surface area contributed by atoms with Gasteiger partial charge in [0.1, 0.15) is 0 Å². The fourth-order valence-electron chi connectivity index (χ4n) is 2.14. The van der Waals surface area contributed by atoms with Crippen LogP contribution in [0.1, 0.15) is 5.56 Å². The van der Waals surface area contributed by atoms with Gasteiger partial charge in [-0.25, -0.2) is 8.42 Å². The maximum Gasteiger partial charge on any atom is 0.260 e. The van der Waals surface area contributed by atoms with Gasteiger partial charge in [0.15, 0.2) is 5.03 Å². The Hall–Kier alpha value is -1.41. The van der Waals surface area contributed by atoms with Crippen molar-refractivity contribution in [3.05, 3.63) is 48.2 Å². The molecule has 2 N–H and O–H groups in total. The molecule has 0 aliphatic heterocycles. The Morgan fingerprint density at radius 2 is 1.86 bits per heavy atom. The van der Waals surface area contributed by atoms with E-state index in [0.717, 1.165) is 5.56 Å². The topological polar surface area (TPSA) is 81.2 Å². The molecule has 8 heteroatoms. The van der Waals surface area contributed by atoms with Crippen LogP contribution in [0.2, 0.25) is 0 Å². The van der Waals surface area contributed by atoms with Crippen molar-refractivity contribution < 1.29 is 8.42 Å². The molecule has 122 valence electrons. The van der Waals surface area contributed by atoms with Crippen LogP contribution in [0, 0.1) is 0 Å². The van der Waals surface area contributed by atoms with Gasteiger partial charge in [-0.3, -0.25) is 4.68 Å². The first-order valence-corrected chi connectivity index (χ1v) is 8.22. The normalized spacial score (nSPS) is 11.4. The van der Waals surface area contributed by atoms with Crippen LogP contribution >= 0.6 is 12.4 Å². The van der Waals surface area contributed by atoms with E-state index in [1.54, 1.807) is 7.05 Å². The lowest BCUT2D eigenvalue weighted by Crippen LogP contribution is -2.37. The number of sulfonamides is 1. The molecular formula is C14H21ClN4O2S. The van der Waals surface area contributed by atoms with Gasteiger partial charge in [0.05, 0.1) is 6.20 Å². The molecule has 0 radical (unpaired) electrons. The highest BCUT2D eigenvalue weighted by Crippen LogP contribution is 2.15. The molecule has 0 saturated carbocycles. The zero-order chi connectivity index (χ0) is 15.3. The van der Waals surface area contributed by atoms with Crippen LogP contribution in [-0.4, -0.2) is 42.1 Å². The lowest BCUT2D eigenvalue weighted by atomic mass is 10.1. The molecule has 0 fully saturated rings. The van der Waals surface area contributed by atoms with Crippen LogP contribution in [0.3, 0.4) is 0 Å². The van der Waals surface area contributed by atoms with Gasteiger partial charge in [0, 0.05) is 26.7 Å². The minimum absolute atomic E-state index is 0. The molecule has 0 bridgehead atoms. The highest BCUT2D eigenvalue weighted by atomic mass is 35.5. The van der Waals surface area contributed by atoms with E-state index in [1.165, 1.54) is 21.3 Å². The predicted molar refractivity (Wildman–Crippen MR) is 88.4 cm³/mol. The van der Waals surface area contributed by atoms with Crippen LogP contribution in [0.5, 0.6) is 0 Å². The standard InChI is InChI=1S/C14H20N4O2S.ClH/c1-17-14(7-10-16-17)21(19,20)18(12-9-15)11-8-13-5-3-2-4-6-13;/h2-7,10H,8-9,11-12,15H2,1H3;1H. The Morgan fingerprint density at radius 3 is 2.41 bits per heavy atom. The minimum atomic E-state index is -3.57. The Morgan fingerprint density at radius 1 is 1.18 bits per heavy atom. The average Bonchev–Trinajstić information content (AvgIpc) is 2.91. The molecule has 0 aliphatic carbocycles. The molecular weight excluding hydrogens is 324 g/mol. The van der Waals surface area contributed by atoms with Gasteiger partial charge < -0.3 is 5.73 Å². The van der Waals surface area contributed by atoms with Gasteiger partial charge in [-0.15, -0.1) is 12.4 Å². The number of nitrogens with zero attached hydrogens (tertiary/aromatic N) is 3.